The van der Waals surface area contributed by atoms with E-state index in [4.69, 9.17) is 10.5 Å². The molecule has 6 heteroatoms. The predicted octanol–water partition coefficient (Wildman–Crippen LogP) is 3.16. The van der Waals surface area contributed by atoms with Gasteiger partial charge in [0.25, 0.3) is 0 Å². The molecule has 1 saturated carbocycles. The number of halogens is 2. The van der Waals surface area contributed by atoms with E-state index < -0.39 is 6.04 Å². The molecule has 1 amide bonds. The SMILES string of the molecule is Cl.NC(C(=O)NCC1(c2ccc(Br)cc2)CCC1)C1CCOCC1. The van der Waals surface area contributed by atoms with Crippen molar-refractivity contribution >= 4 is 34.2 Å². The van der Waals surface area contributed by atoms with Crippen LogP contribution >= 0.6 is 28.3 Å². The van der Waals surface area contributed by atoms with Crippen LogP contribution in [-0.2, 0) is 14.9 Å². The Morgan fingerprint density at radius 2 is 1.92 bits per heavy atom. The van der Waals surface area contributed by atoms with Crippen molar-refractivity contribution < 1.29 is 9.53 Å². The number of nitrogens with two attached hydrogens (primary N) is 1. The second kappa shape index (κ2) is 8.65. The molecule has 3 N–H and O–H groups in total. The van der Waals surface area contributed by atoms with Gasteiger partial charge in [-0.15, -0.1) is 12.4 Å². The van der Waals surface area contributed by atoms with Gasteiger partial charge in [-0.05, 0) is 49.3 Å². The first-order valence-corrected chi connectivity index (χ1v) is 9.27. The number of ether oxygens (including phenoxy) is 1. The number of carbonyl (C=O) groups is 1. The molecule has 2 aliphatic rings. The molecule has 4 nitrogen and oxygen atoms in total. The summed E-state index contributed by atoms with van der Waals surface area (Å²) in [6.45, 7) is 2.12. The lowest BCUT2D eigenvalue weighted by molar-refractivity contribution is -0.124. The van der Waals surface area contributed by atoms with E-state index in [0.717, 1.165) is 30.2 Å². The predicted molar refractivity (Wildman–Crippen MR) is 101 cm³/mol. The zero-order valence-electron chi connectivity index (χ0n) is 13.8. The summed E-state index contributed by atoms with van der Waals surface area (Å²) < 4.78 is 6.43. The zero-order valence-corrected chi connectivity index (χ0v) is 16.2. The molecule has 1 unspecified atom stereocenters. The minimum Gasteiger partial charge on any atom is -0.381 e. The van der Waals surface area contributed by atoms with Gasteiger partial charge in [0.1, 0.15) is 0 Å². The second-order valence-electron chi connectivity index (χ2n) is 6.83. The molecule has 0 spiro atoms. The van der Waals surface area contributed by atoms with E-state index in [1.165, 1.54) is 12.0 Å². The summed E-state index contributed by atoms with van der Waals surface area (Å²) in [5, 5.41) is 3.12. The van der Waals surface area contributed by atoms with Gasteiger partial charge in [0.05, 0.1) is 6.04 Å². The van der Waals surface area contributed by atoms with E-state index >= 15 is 0 Å². The Morgan fingerprint density at radius 3 is 2.46 bits per heavy atom. The average molecular weight is 418 g/mol. The fraction of sp³-hybridized carbons (Fsp3) is 0.611. The standard InChI is InChI=1S/C18H25BrN2O2.ClH/c19-15-4-2-14(3-5-15)18(8-1-9-18)12-21-17(22)16(20)13-6-10-23-11-7-13;/h2-5,13,16H,1,6-12,20H2,(H,21,22);1H. The summed E-state index contributed by atoms with van der Waals surface area (Å²) in [7, 11) is 0. The third-order valence-electron chi connectivity index (χ3n) is 5.44. The van der Waals surface area contributed by atoms with Gasteiger partial charge in [-0.2, -0.15) is 0 Å². The van der Waals surface area contributed by atoms with E-state index in [-0.39, 0.29) is 29.6 Å². The topological polar surface area (TPSA) is 64.4 Å². The van der Waals surface area contributed by atoms with E-state index in [1.807, 2.05) is 0 Å². The Morgan fingerprint density at radius 1 is 1.29 bits per heavy atom. The molecule has 1 aliphatic carbocycles. The van der Waals surface area contributed by atoms with E-state index in [0.29, 0.717) is 19.8 Å². The quantitative estimate of drug-likeness (QED) is 0.773. The molecule has 1 atom stereocenters. The maximum absolute atomic E-state index is 12.4. The summed E-state index contributed by atoms with van der Waals surface area (Å²) >= 11 is 3.48. The van der Waals surface area contributed by atoms with Crippen molar-refractivity contribution in [3.8, 4) is 0 Å². The minimum absolute atomic E-state index is 0. The lowest BCUT2D eigenvalue weighted by atomic mass is 9.64. The van der Waals surface area contributed by atoms with Crippen LogP contribution in [0.3, 0.4) is 0 Å². The van der Waals surface area contributed by atoms with Crippen LogP contribution in [0.2, 0.25) is 0 Å². The Labute approximate surface area is 158 Å². The molecule has 0 aromatic heterocycles. The third kappa shape index (κ3) is 4.31. The van der Waals surface area contributed by atoms with Crippen LogP contribution in [0.15, 0.2) is 28.7 Å². The molecule has 0 radical (unpaired) electrons. The Bertz CT molecular complexity index is 542. The molecular formula is C18H26BrClN2O2. The van der Waals surface area contributed by atoms with Crippen molar-refractivity contribution in [2.24, 2.45) is 11.7 Å². The van der Waals surface area contributed by atoms with Crippen LogP contribution in [0.5, 0.6) is 0 Å². The highest BCUT2D eigenvalue weighted by atomic mass is 79.9. The van der Waals surface area contributed by atoms with Gasteiger partial charge in [0.2, 0.25) is 5.91 Å². The molecule has 134 valence electrons. The summed E-state index contributed by atoms with van der Waals surface area (Å²) in [5.74, 6) is 0.231. The zero-order chi connectivity index (χ0) is 16.3. The van der Waals surface area contributed by atoms with Crippen molar-refractivity contribution in [2.45, 2.75) is 43.6 Å². The van der Waals surface area contributed by atoms with Crippen LogP contribution in [0.4, 0.5) is 0 Å². The first-order chi connectivity index (χ1) is 11.1. The molecule has 1 aromatic rings. The monoisotopic (exact) mass is 416 g/mol. The summed E-state index contributed by atoms with van der Waals surface area (Å²) in [6, 6.07) is 8.05. The molecule has 1 saturated heterocycles. The third-order valence-corrected chi connectivity index (χ3v) is 5.97. The summed E-state index contributed by atoms with van der Waals surface area (Å²) in [4.78, 5) is 12.4. The van der Waals surface area contributed by atoms with Gasteiger partial charge < -0.3 is 15.8 Å². The van der Waals surface area contributed by atoms with Crippen molar-refractivity contribution in [1.82, 2.24) is 5.32 Å². The summed E-state index contributed by atoms with van der Waals surface area (Å²) in [5.41, 5.74) is 7.57. The number of nitrogens with one attached hydrogen (secondary N) is 1. The fourth-order valence-electron chi connectivity index (χ4n) is 3.64. The normalized spacial score (nSPS) is 21.2. The highest BCUT2D eigenvalue weighted by Gasteiger charge is 2.39. The number of amides is 1. The maximum atomic E-state index is 12.4. The molecule has 0 bridgehead atoms. The molecule has 24 heavy (non-hydrogen) atoms. The molecular weight excluding hydrogens is 392 g/mol. The van der Waals surface area contributed by atoms with Crippen molar-refractivity contribution in [3.05, 3.63) is 34.3 Å². The van der Waals surface area contributed by atoms with Crippen molar-refractivity contribution in [3.63, 3.8) is 0 Å². The van der Waals surface area contributed by atoms with Crippen LogP contribution < -0.4 is 11.1 Å². The van der Waals surface area contributed by atoms with E-state index in [1.54, 1.807) is 0 Å². The smallest absolute Gasteiger partial charge is 0.237 e. The molecule has 1 heterocycles. The van der Waals surface area contributed by atoms with Crippen LogP contribution in [-0.4, -0.2) is 31.7 Å². The highest BCUT2D eigenvalue weighted by Crippen LogP contribution is 2.43. The number of hydrogen-bond donors (Lipinski definition) is 2. The maximum Gasteiger partial charge on any atom is 0.237 e. The molecule has 1 aliphatic heterocycles. The Balaban J connectivity index is 0.00000208. The van der Waals surface area contributed by atoms with Gasteiger partial charge in [-0.3, -0.25) is 4.79 Å². The highest BCUT2D eigenvalue weighted by molar-refractivity contribution is 9.10. The number of carbonyl (C=O) groups excluding carboxylic acids is 1. The van der Waals surface area contributed by atoms with Crippen LogP contribution in [0.1, 0.15) is 37.7 Å². The average Bonchev–Trinajstić information content (AvgIpc) is 2.55. The van der Waals surface area contributed by atoms with Gasteiger partial charge in [-0.25, -0.2) is 0 Å². The Hall–Kier alpha value is -0.620. The number of rotatable bonds is 5. The molecule has 1 aromatic carbocycles. The van der Waals surface area contributed by atoms with E-state index in [9.17, 15) is 4.79 Å². The van der Waals surface area contributed by atoms with Gasteiger partial charge >= 0.3 is 0 Å². The first-order valence-electron chi connectivity index (χ1n) is 8.48. The lowest BCUT2D eigenvalue weighted by Gasteiger charge is -2.43. The molecule has 3 rings (SSSR count). The van der Waals surface area contributed by atoms with Crippen LogP contribution in [0.25, 0.3) is 0 Å². The Kier molecular flexibility index (Phi) is 7.10. The largest absolute Gasteiger partial charge is 0.381 e. The number of hydrogen-bond acceptors (Lipinski definition) is 3. The second-order valence-corrected chi connectivity index (χ2v) is 7.75. The van der Waals surface area contributed by atoms with Crippen LogP contribution in [0, 0.1) is 5.92 Å². The minimum atomic E-state index is -0.416. The van der Waals surface area contributed by atoms with Gasteiger partial charge in [-0.1, -0.05) is 34.5 Å². The number of benzene rings is 1. The lowest BCUT2D eigenvalue weighted by Crippen LogP contribution is -2.52. The van der Waals surface area contributed by atoms with E-state index in [2.05, 4.69) is 45.5 Å². The molecule has 2 fully saturated rings. The van der Waals surface area contributed by atoms with Crippen molar-refractivity contribution in [1.29, 1.82) is 0 Å². The van der Waals surface area contributed by atoms with Crippen molar-refractivity contribution in [2.75, 3.05) is 19.8 Å². The first kappa shape index (κ1) is 19.7. The fourth-order valence-corrected chi connectivity index (χ4v) is 3.90. The summed E-state index contributed by atoms with van der Waals surface area (Å²) in [6.07, 6.45) is 5.24. The van der Waals surface area contributed by atoms with Gasteiger partial charge in [0, 0.05) is 29.6 Å². The van der Waals surface area contributed by atoms with Gasteiger partial charge in [0.15, 0.2) is 0 Å².